The Bertz CT molecular complexity index is 925. The van der Waals surface area contributed by atoms with Gasteiger partial charge in [0.05, 0.1) is 6.20 Å². The number of rotatable bonds is 8. The van der Waals surface area contributed by atoms with Crippen molar-refractivity contribution in [3.63, 3.8) is 0 Å². The van der Waals surface area contributed by atoms with Crippen LogP contribution in [0.15, 0.2) is 66.9 Å². The lowest BCUT2D eigenvalue weighted by atomic mass is 9.91. The quantitative estimate of drug-likeness (QED) is 0.628. The number of aryl methyl sites for hydroxylation is 2. The van der Waals surface area contributed by atoms with Crippen LogP contribution in [0.3, 0.4) is 0 Å². The lowest BCUT2D eigenvalue weighted by Gasteiger charge is -2.33. The lowest BCUT2D eigenvalue weighted by Crippen LogP contribution is -2.40. The molecule has 0 spiro atoms. The molecule has 4 rings (SSSR count). The van der Waals surface area contributed by atoms with E-state index in [4.69, 9.17) is 0 Å². The molecule has 1 amide bonds. The van der Waals surface area contributed by atoms with Crippen LogP contribution in [0.4, 0.5) is 0 Å². The monoisotopic (exact) mass is 403 g/mol. The fourth-order valence-electron chi connectivity index (χ4n) is 4.07. The number of aromatic nitrogens is 3. The van der Waals surface area contributed by atoms with Gasteiger partial charge in [0, 0.05) is 26.2 Å². The second-order valence-corrected chi connectivity index (χ2v) is 7.91. The van der Waals surface area contributed by atoms with Crippen LogP contribution in [0.1, 0.15) is 40.4 Å². The molecule has 1 atom stereocenters. The first-order valence-corrected chi connectivity index (χ1v) is 10.8. The van der Waals surface area contributed by atoms with Gasteiger partial charge in [-0.15, -0.1) is 5.10 Å². The minimum Gasteiger partial charge on any atom is -0.349 e. The van der Waals surface area contributed by atoms with Gasteiger partial charge in [-0.1, -0.05) is 65.9 Å². The van der Waals surface area contributed by atoms with Crippen molar-refractivity contribution in [2.24, 2.45) is 0 Å². The molecule has 0 saturated carbocycles. The second-order valence-electron chi connectivity index (χ2n) is 7.91. The molecule has 6 nitrogen and oxygen atoms in total. The molecule has 0 aliphatic carbocycles. The number of nitrogens with zero attached hydrogens (tertiary/aromatic N) is 4. The molecule has 1 N–H and O–H groups in total. The maximum Gasteiger partial charge on any atom is 0.273 e. The minimum absolute atomic E-state index is 0.155. The van der Waals surface area contributed by atoms with Crippen LogP contribution in [-0.4, -0.2) is 52.0 Å². The molecule has 1 aliphatic rings. The summed E-state index contributed by atoms with van der Waals surface area (Å²) in [4.78, 5) is 14.9. The van der Waals surface area contributed by atoms with Crippen LogP contribution in [0.5, 0.6) is 0 Å². The molecule has 1 unspecified atom stereocenters. The Hall–Kier alpha value is -2.99. The smallest absolute Gasteiger partial charge is 0.273 e. The first-order chi connectivity index (χ1) is 14.8. The van der Waals surface area contributed by atoms with E-state index < -0.39 is 0 Å². The summed E-state index contributed by atoms with van der Waals surface area (Å²) in [6.45, 7) is 4.33. The highest BCUT2D eigenvalue weighted by molar-refractivity contribution is 5.91. The Morgan fingerprint density at radius 2 is 1.80 bits per heavy atom. The van der Waals surface area contributed by atoms with E-state index in [1.165, 1.54) is 24.0 Å². The highest BCUT2D eigenvalue weighted by Crippen LogP contribution is 2.26. The molecule has 2 aromatic carbocycles. The number of amides is 1. The molecule has 3 aromatic rings. The number of carbonyl (C=O) groups excluding carboxylic acids is 1. The van der Waals surface area contributed by atoms with Crippen LogP contribution in [0.2, 0.25) is 0 Å². The SMILES string of the molecule is O=C(NCCN1CCCC(c2ccccc2)C1)c1cn(CCc2ccccc2)nn1. The lowest BCUT2D eigenvalue weighted by molar-refractivity contribution is 0.0940. The summed E-state index contributed by atoms with van der Waals surface area (Å²) < 4.78 is 1.73. The van der Waals surface area contributed by atoms with Gasteiger partial charge in [0.15, 0.2) is 5.69 Å². The van der Waals surface area contributed by atoms with E-state index in [2.05, 4.69) is 63.0 Å². The average molecular weight is 404 g/mol. The van der Waals surface area contributed by atoms with E-state index in [1.54, 1.807) is 10.9 Å². The van der Waals surface area contributed by atoms with E-state index in [1.807, 2.05) is 18.2 Å². The summed E-state index contributed by atoms with van der Waals surface area (Å²) in [6, 6.07) is 21.0. The molecule has 1 saturated heterocycles. The average Bonchev–Trinajstić information content (AvgIpc) is 3.28. The topological polar surface area (TPSA) is 63.1 Å². The highest BCUT2D eigenvalue weighted by Gasteiger charge is 2.21. The maximum atomic E-state index is 12.4. The molecule has 2 heterocycles. The maximum absolute atomic E-state index is 12.4. The first kappa shape index (κ1) is 20.3. The van der Waals surface area contributed by atoms with Crippen LogP contribution < -0.4 is 5.32 Å². The zero-order chi connectivity index (χ0) is 20.6. The standard InChI is InChI=1S/C24H29N5O/c30-24(23-19-29(27-26-23)16-13-20-8-3-1-4-9-20)25-14-17-28-15-7-12-22(18-28)21-10-5-2-6-11-21/h1-6,8-11,19,22H,7,12-18H2,(H,25,30). The third kappa shape index (κ3) is 5.54. The van der Waals surface area contributed by atoms with Gasteiger partial charge in [-0.2, -0.15) is 0 Å². The Balaban J connectivity index is 1.21. The number of benzene rings is 2. The van der Waals surface area contributed by atoms with Gasteiger partial charge >= 0.3 is 0 Å². The van der Waals surface area contributed by atoms with Crippen LogP contribution in [0.25, 0.3) is 0 Å². The molecular weight excluding hydrogens is 374 g/mol. The van der Waals surface area contributed by atoms with E-state index in [0.29, 0.717) is 24.7 Å². The fraction of sp³-hybridized carbons (Fsp3) is 0.375. The largest absolute Gasteiger partial charge is 0.349 e. The van der Waals surface area contributed by atoms with Crippen molar-refractivity contribution in [3.05, 3.63) is 83.7 Å². The first-order valence-electron chi connectivity index (χ1n) is 10.8. The van der Waals surface area contributed by atoms with Crippen molar-refractivity contribution in [3.8, 4) is 0 Å². The van der Waals surface area contributed by atoms with Gasteiger partial charge in [0.1, 0.15) is 0 Å². The van der Waals surface area contributed by atoms with Gasteiger partial charge in [-0.3, -0.25) is 9.48 Å². The summed E-state index contributed by atoms with van der Waals surface area (Å²) in [5, 5.41) is 11.1. The Morgan fingerprint density at radius 1 is 1.03 bits per heavy atom. The van der Waals surface area contributed by atoms with E-state index in [0.717, 1.165) is 26.1 Å². The van der Waals surface area contributed by atoms with Gasteiger partial charge in [-0.25, -0.2) is 0 Å². The molecule has 30 heavy (non-hydrogen) atoms. The fourth-order valence-corrected chi connectivity index (χ4v) is 4.07. The Kier molecular flexibility index (Phi) is 6.87. The highest BCUT2D eigenvalue weighted by atomic mass is 16.2. The van der Waals surface area contributed by atoms with Crippen LogP contribution in [-0.2, 0) is 13.0 Å². The predicted molar refractivity (Wildman–Crippen MR) is 117 cm³/mol. The Morgan fingerprint density at radius 3 is 2.60 bits per heavy atom. The Labute approximate surface area is 177 Å². The molecule has 156 valence electrons. The minimum atomic E-state index is -0.155. The molecule has 1 aromatic heterocycles. The number of nitrogens with one attached hydrogen (secondary N) is 1. The van der Waals surface area contributed by atoms with Gasteiger partial charge in [0.25, 0.3) is 5.91 Å². The second kappa shape index (κ2) is 10.2. The molecule has 1 fully saturated rings. The van der Waals surface area contributed by atoms with Gasteiger partial charge < -0.3 is 10.2 Å². The van der Waals surface area contributed by atoms with E-state index in [9.17, 15) is 4.79 Å². The number of hydrogen-bond donors (Lipinski definition) is 1. The van der Waals surface area contributed by atoms with Crippen LogP contribution in [0, 0.1) is 0 Å². The van der Waals surface area contributed by atoms with Gasteiger partial charge in [-0.05, 0) is 42.9 Å². The third-order valence-electron chi connectivity index (χ3n) is 5.73. The normalized spacial score (nSPS) is 17.0. The predicted octanol–water partition coefficient (Wildman–Crippen LogP) is 3.13. The summed E-state index contributed by atoms with van der Waals surface area (Å²) in [5.41, 5.74) is 3.04. The zero-order valence-electron chi connectivity index (χ0n) is 17.3. The molecular formula is C24H29N5O. The third-order valence-corrected chi connectivity index (χ3v) is 5.73. The van der Waals surface area contributed by atoms with Crippen molar-refractivity contribution in [2.45, 2.75) is 31.7 Å². The van der Waals surface area contributed by atoms with E-state index >= 15 is 0 Å². The number of hydrogen-bond acceptors (Lipinski definition) is 4. The van der Waals surface area contributed by atoms with Crippen LogP contribution >= 0.6 is 0 Å². The van der Waals surface area contributed by atoms with Gasteiger partial charge in [0.2, 0.25) is 0 Å². The van der Waals surface area contributed by atoms with Crippen molar-refractivity contribution in [2.75, 3.05) is 26.2 Å². The molecule has 0 radical (unpaired) electrons. The summed E-state index contributed by atoms with van der Waals surface area (Å²) in [7, 11) is 0. The number of likely N-dealkylation sites (tertiary alicyclic amines) is 1. The van der Waals surface area contributed by atoms with Crippen molar-refractivity contribution in [1.29, 1.82) is 0 Å². The number of carbonyl (C=O) groups is 1. The van der Waals surface area contributed by atoms with E-state index in [-0.39, 0.29) is 5.91 Å². The molecule has 0 bridgehead atoms. The number of piperidine rings is 1. The molecule has 6 heteroatoms. The van der Waals surface area contributed by atoms with Crippen molar-refractivity contribution >= 4 is 5.91 Å². The molecule has 1 aliphatic heterocycles. The van der Waals surface area contributed by atoms with Crippen molar-refractivity contribution in [1.82, 2.24) is 25.2 Å². The summed E-state index contributed by atoms with van der Waals surface area (Å²) in [5.74, 6) is 0.428. The van der Waals surface area contributed by atoms with Crippen molar-refractivity contribution < 1.29 is 4.79 Å². The summed E-state index contributed by atoms with van der Waals surface area (Å²) >= 11 is 0. The zero-order valence-corrected chi connectivity index (χ0v) is 17.3. The summed E-state index contributed by atoms with van der Waals surface area (Å²) in [6.07, 6.45) is 5.02.